The van der Waals surface area contributed by atoms with Gasteiger partial charge in [0.2, 0.25) is 5.91 Å². The van der Waals surface area contributed by atoms with E-state index < -0.39 is 0 Å². The molecule has 1 atom stereocenters. The van der Waals surface area contributed by atoms with Crippen molar-refractivity contribution in [1.82, 2.24) is 5.32 Å². The number of halogens is 1. The number of nitriles is 1. The van der Waals surface area contributed by atoms with Crippen LogP contribution in [0.2, 0.25) is 0 Å². The summed E-state index contributed by atoms with van der Waals surface area (Å²) in [5, 5.41) is 14.7. The summed E-state index contributed by atoms with van der Waals surface area (Å²) in [5.41, 5.74) is 1.42. The molecule has 4 nitrogen and oxygen atoms in total. The molecule has 0 radical (unpaired) electrons. The van der Waals surface area contributed by atoms with Crippen LogP contribution in [-0.2, 0) is 4.79 Å². The van der Waals surface area contributed by atoms with E-state index in [2.05, 4.69) is 27.3 Å². The molecule has 0 saturated carbocycles. The molecule has 0 spiro atoms. The van der Waals surface area contributed by atoms with E-state index in [9.17, 15) is 14.9 Å². The predicted molar refractivity (Wildman–Crippen MR) is 103 cm³/mol. The lowest BCUT2D eigenvalue weighted by molar-refractivity contribution is -0.120. The van der Waals surface area contributed by atoms with Crippen LogP contribution in [0.1, 0.15) is 27.6 Å². The number of carbonyl (C=O) groups is 2. The van der Waals surface area contributed by atoms with E-state index in [1.54, 1.807) is 6.07 Å². The van der Waals surface area contributed by atoms with Crippen LogP contribution >= 0.6 is 39.0 Å². The first-order chi connectivity index (χ1) is 12.1. The third-order valence-electron chi connectivity index (χ3n) is 3.77. The first-order valence-corrected chi connectivity index (χ1v) is 10.1. The van der Waals surface area contributed by atoms with Gasteiger partial charge >= 0.3 is 0 Å². The molecule has 0 fully saturated rings. The monoisotopic (exact) mass is 432 g/mol. The molecule has 0 aliphatic carbocycles. The smallest absolute Gasteiger partial charge is 0.225 e. The second-order valence-corrected chi connectivity index (χ2v) is 8.25. The summed E-state index contributed by atoms with van der Waals surface area (Å²) < 4.78 is 0.940. The van der Waals surface area contributed by atoms with E-state index in [1.165, 1.54) is 23.1 Å². The van der Waals surface area contributed by atoms with Crippen LogP contribution in [0.25, 0.3) is 0 Å². The molecule has 126 valence electrons. The minimum Gasteiger partial charge on any atom is -0.320 e. The zero-order valence-electron chi connectivity index (χ0n) is 13.0. The van der Waals surface area contributed by atoms with Crippen LogP contribution in [0, 0.1) is 11.3 Å². The summed E-state index contributed by atoms with van der Waals surface area (Å²) in [5.74, 6) is -0.247. The van der Waals surface area contributed by atoms with Gasteiger partial charge in [0, 0.05) is 16.8 Å². The minimum atomic E-state index is -0.286. The fourth-order valence-electron chi connectivity index (χ4n) is 2.56. The molecule has 0 bridgehead atoms. The first-order valence-electron chi connectivity index (χ1n) is 7.47. The zero-order valence-corrected chi connectivity index (χ0v) is 16.2. The Balaban J connectivity index is 1.84. The topological polar surface area (TPSA) is 70.0 Å². The summed E-state index contributed by atoms with van der Waals surface area (Å²) in [6, 6.07) is 13.4. The number of thioether (sulfide) groups is 1. The molecule has 1 amide bonds. The van der Waals surface area contributed by atoms with E-state index in [-0.39, 0.29) is 29.8 Å². The number of thiophene rings is 1. The molecule has 1 aliphatic rings. The maximum atomic E-state index is 12.2. The van der Waals surface area contributed by atoms with Crippen molar-refractivity contribution in [3.8, 4) is 6.07 Å². The molecule has 1 aliphatic heterocycles. The maximum Gasteiger partial charge on any atom is 0.225 e. The van der Waals surface area contributed by atoms with Crippen molar-refractivity contribution in [2.75, 3.05) is 5.75 Å². The number of carbonyl (C=O) groups excluding carboxylic acids is 2. The van der Waals surface area contributed by atoms with Crippen LogP contribution in [0.5, 0.6) is 0 Å². The Labute approximate surface area is 162 Å². The molecule has 7 heteroatoms. The lowest BCUT2D eigenvalue weighted by Crippen LogP contribution is -2.31. The average molecular weight is 433 g/mol. The second kappa shape index (κ2) is 8.00. The molecular weight excluding hydrogens is 420 g/mol. The molecule has 2 aromatic rings. The Morgan fingerprint density at radius 3 is 2.76 bits per heavy atom. The number of amides is 1. The molecule has 1 N–H and O–H groups in total. The Bertz CT molecular complexity index is 867. The number of Topliss-reactive ketones (excluding diaryl/α,β-unsaturated/α-hetero) is 1. The first kappa shape index (κ1) is 17.9. The summed E-state index contributed by atoms with van der Waals surface area (Å²) in [7, 11) is 0. The van der Waals surface area contributed by atoms with Gasteiger partial charge < -0.3 is 5.32 Å². The number of rotatable bonds is 5. The van der Waals surface area contributed by atoms with Crippen LogP contribution in [0.4, 0.5) is 0 Å². The van der Waals surface area contributed by atoms with Crippen LogP contribution in [-0.4, -0.2) is 17.4 Å². The van der Waals surface area contributed by atoms with Gasteiger partial charge in [0.05, 0.1) is 27.3 Å². The van der Waals surface area contributed by atoms with Gasteiger partial charge in [0.1, 0.15) is 0 Å². The second-order valence-electron chi connectivity index (χ2n) is 5.40. The van der Waals surface area contributed by atoms with E-state index >= 15 is 0 Å². The summed E-state index contributed by atoms with van der Waals surface area (Å²) in [6.45, 7) is 0. The maximum absolute atomic E-state index is 12.2. The summed E-state index contributed by atoms with van der Waals surface area (Å²) in [4.78, 5) is 25.0. The van der Waals surface area contributed by atoms with Gasteiger partial charge in [0.15, 0.2) is 5.78 Å². The van der Waals surface area contributed by atoms with Crippen molar-refractivity contribution in [3.05, 3.63) is 67.3 Å². The highest BCUT2D eigenvalue weighted by atomic mass is 79.9. The van der Waals surface area contributed by atoms with Crippen LogP contribution < -0.4 is 5.32 Å². The highest BCUT2D eigenvalue weighted by molar-refractivity contribution is 9.10. The van der Waals surface area contributed by atoms with Crippen molar-refractivity contribution in [2.45, 2.75) is 12.3 Å². The van der Waals surface area contributed by atoms with Crippen LogP contribution in [0.15, 0.2) is 56.9 Å². The Kier molecular flexibility index (Phi) is 5.74. The highest BCUT2D eigenvalue weighted by Gasteiger charge is 2.29. The molecular formula is C18H13BrN2O2S2. The minimum absolute atomic E-state index is 0.00944. The predicted octanol–water partition coefficient (Wildman–Crippen LogP) is 4.47. The van der Waals surface area contributed by atoms with Gasteiger partial charge in [-0.05, 0) is 29.1 Å². The number of hydrogen-bond acceptors (Lipinski definition) is 5. The molecule has 1 aromatic carbocycles. The zero-order chi connectivity index (χ0) is 17.8. The Hall–Kier alpha value is -1.88. The van der Waals surface area contributed by atoms with Gasteiger partial charge in [-0.25, -0.2) is 0 Å². The van der Waals surface area contributed by atoms with Gasteiger partial charge in [0.25, 0.3) is 0 Å². The highest BCUT2D eigenvalue weighted by Crippen LogP contribution is 2.36. The molecule has 0 saturated heterocycles. The molecule has 2 heterocycles. The molecule has 25 heavy (non-hydrogen) atoms. The Morgan fingerprint density at radius 2 is 2.12 bits per heavy atom. The van der Waals surface area contributed by atoms with E-state index in [1.807, 2.05) is 35.7 Å². The average Bonchev–Trinajstić information content (AvgIpc) is 3.14. The number of nitrogens with one attached hydrogen (secondary N) is 1. The SMILES string of the molecule is N#CC1=C(SCC(=O)c2cccs2)NC(=O)C[C@H]1c1ccc(Br)cc1. The van der Waals surface area contributed by atoms with Crippen LogP contribution in [0.3, 0.4) is 0 Å². The standard InChI is InChI=1S/C18H13BrN2O2S2/c19-12-5-3-11(4-6-12)13-8-17(23)21-18(14(13)9-20)25-10-15(22)16-2-1-7-24-16/h1-7,13H,8,10H2,(H,21,23)/t13-/m0/s1. The molecule has 1 aromatic heterocycles. The number of allylic oxidation sites excluding steroid dienone is 1. The van der Waals surface area contributed by atoms with Crippen molar-refractivity contribution in [3.63, 3.8) is 0 Å². The van der Waals surface area contributed by atoms with E-state index in [0.717, 1.165) is 10.0 Å². The third kappa shape index (κ3) is 4.21. The number of hydrogen-bond donors (Lipinski definition) is 1. The molecule has 3 rings (SSSR count). The van der Waals surface area contributed by atoms with Gasteiger partial charge in [-0.3, -0.25) is 9.59 Å². The quantitative estimate of drug-likeness (QED) is 0.707. The number of benzene rings is 1. The summed E-state index contributed by atoms with van der Waals surface area (Å²) >= 11 is 5.99. The normalized spacial score (nSPS) is 17.1. The van der Waals surface area contributed by atoms with Gasteiger partial charge in [-0.2, -0.15) is 5.26 Å². The fourth-order valence-corrected chi connectivity index (χ4v) is 4.54. The molecule has 0 unspecified atom stereocenters. The van der Waals surface area contributed by atoms with Gasteiger partial charge in [-0.15, -0.1) is 11.3 Å². The Morgan fingerprint density at radius 1 is 1.36 bits per heavy atom. The third-order valence-corrected chi connectivity index (χ3v) is 6.23. The van der Waals surface area contributed by atoms with Crippen molar-refractivity contribution < 1.29 is 9.59 Å². The number of ketones is 1. The number of nitrogens with zero attached hydrogens (tertiary/aromatic N) is 1. The summed E-state index contributed by atoms with van der Waals surface area (Å²) in [6.07, 6.45) is 0.230. The van der Waals surface area contributed by atoms with Crippen molar-refractivity contribution in [1.29, 1.82) is 5.26 Å². The fraction of sp³-hybridized carbons (Fsp3) is 0.167. The largest absolute Gasteiger partial charge is 0.320 e. The van der Waals surface area contributed by atoms with Crippen molar-refractivity contribution in [2.24, 2.45) is 0 Å². The van der Waals surface area contributed by atoms with E-state index in [0.29, 0.717) is 15.5 Å². The lowest BCUT2D eigenvalue weighted by atomic mass is 9.87. The lowest BCUT2D eigenvalue weighted by Gasteiger charge is -2.25. The van der Waals surface area contributed by atoms with Gasteiger partial charge in [-0.1, -0.05) is 45.9 Å². The van der Waals surface area contributed by atoms with E-state index in [4.69, 9.17) is 0 Å². The van der Waals surface area contributed by atoms with Crippen molar-refractivity contribution >= 4 is 50.7 Å².